The molecule has 20 heavy (non-hydrogen) atoms. The van der Waals surface area contributed by atoms with Crippen LogP contribution in [0, 0.1) is 5.82 Å². The highest BCUT2D eigenvalue weighted by molar-refractivity contribution is 5.51. The van der Waals surface area contributed by atoms with Crippen LogP contribution in [0.15, 0.2) is 53.2 Å². The predicted octanol–water partition coefficient (Wildman–Crippen LogP) is 3.88. The van der Waals surface area contributed by atoms with Crippen molar-refractivity contribution in [1.82, 2.24) is 0 Å². The van der Waals surface area contributed by atoms with Crippen LogP contribution in [-0.2, 0) is 5.60 Å². The largest absolute Gasteiger partial charge is 0.466 e. The third-order valence-corrected chi connectivity index (χ3v) is 2.72. The second-order valence-corrected chi connectivity index (χ2v) is 4.13. The molecule has 1 aromatic carbocycles. The summed E-state index contributed by atoms with van der Waals surface area (Å²) in [4.78, 5) is 0. The van der Waals surface area contributed by atoms with Gasteiger partial charge in [0.1, 0.15) is 11.6 Å². The number of benzene rings is 1. The topological polar surface area (TPSA) is 33.4 Å². The predicted molar refractivity (Wildman–Crippen MR) is 64.1 cm³/mol. The minimum Gasteiger partial charge on any atom is -0.466 e. The molecule has 1 unspecified atom stereocenters. The molecule has 2 nitrogen and oxygen atoms in total. The molecule has 0 radical (unpaired) electrons. The van der Waals surface area contributed by atoms with Crippen molar-refractivity contribution in [3.63, 3.8) is 0 Å². The number of hydrogen-bond donors (Lipinski definition) is 1. The molecule has 0 aliphatic carbocycles. The Morgan fingerprint density at radius 3 is 2.20 bits per heavy atom. The lowest BCUT2D eigenvalue weighted by molar-refractivity contribution is -0.250. The summed E-state index contributed by atoms with van der Waals surface area (Å²) >= 11 is 0. The monoisotopic (exact) mass is 286 g/mol. The number of hydrogen-bond acceptors (Lipinski definition) is 2. The van der Waals surface area contributed by atoms with Crippen molar-refractivity contribution in [2.45, 2.75) is 11.8 Å². The summed E-state index contributed by atoms with van der Waals surface area (Å²) in [6, 6.07) is 7.09. The summed E-state index contributed by atoms with van der Waals surface area (Å²) < 4.78 is 56.4. The van der Waals surface area contributed by atoms with Gasteiger partial charge in [-0.1, -0.05) is 18.2 Å². The van der Waals surface area contributed by atoms with Crippen LogP contribution in [0.25, 0.3) is 6.08 Å². The molecule has 0 spiro atoms. The zero-order valence-electron chi connectivity index (χ0n) is 10.1. The molecule has 1 aromatic heterocycles. The van der Waals surface area contributed by atoms with Gasteiger partial charge in [-0.25, -0.2) is 4.39 Å². The molecule has 0 fully saturated rings. The molecule has 0 bridgehead atoms. The zero-order chi connectivity index (χ0) is 14.8. The average molecular weight is 286 g/mol. The van der Waals surface area contributed by atoms with Crippen molar-refractivity contribution < 1.29 is 27.1 Å². The fourth-order valence-corrected chi connectivity index (χ4v) is 1.60. The SMILES string of the molecule is OC(C=Cc1ccc(F)cc1)(c1ccco1)C(F)(F)F. The lowest BCUT2D eigenvalue weighted by Crippen LogP contribution is -2.40. The van der Waals surface area contributed by atoms with Crippen LogP contribution >= 0.6 is 0 Å². The Bertz CT molecular complexity index is 585. The first-order valence-electron chi connectivity index (χ1n) is 5.61. The smallest absolute Gasteiger partial charge is 0.428 e. The Balaban J connectivity index is 2.37. The lowest BCUT2D eigenvalue weighted by atomic mass is 9.98. The van der Waals surface area contributed by atoms with E-state index < -0.39 is 23.4 Å². The summed E-state index contributed by atoms with van der Waals surface area (Å²) in [7, 11) is 0. The van der Waals surface area contributed by atoms with E-state index in [2.05, 4.69) is 4.42 Å². The van der Waals surface area contributed by atoms with Crippen LogP contribution in [-0.4, -0.2) is 11.3 Å². The maximum atomic E-state index is 13.0. The van der Waals surface area contributed by atoms with Crippen LogP contribution in [0.1, 0.15) is 11.3 Å². The van der Waals surface area contributed by atoms with Gasteiger partial charge in [-0.3, -0.25) is 0 Å². The highest BCUT2D eigenvalue weighted by atomic mass is 19.4. The van der Waals surface area contributed by atoms with Crippen LogP contribution in [0.3, 0.4) is 0 Å². The van der Waals surface area contributed by atoms with E-state index in [0.717, 1.165) is 30.5 Å². The van der Waals surface area contributed by atoms with Gasteiger partial charge in [-0.05, 0) is 35.9 Å². The van der Waals surface area contributed by atoms with Crippen molar-refractivity contribution in [1.29, 1.82) is 0 Å². The Morgan fingerprint density at radius 2 is 1.70 bits per heavy atom. The molecule has 0 saturated heterocycles. The number of furan rings is 1. The Morgan fingerprint density at radius 1 is 1.05 bits per heavy atom. The first-order valence-corrected chi connectivity index (χ1v) is 5.61. The van der Waals surface area contributed by atoms with Crippen LogP contribution < -0.4 is 0 Å². The van der Waals surface area contributed by atoms with Crippen LogP contribution in [0.4, 0.5) is 17.6 Å². The Labute approximate surface area is 112 Å². The summed E-state index contributed by atoms with van der Waals surface area (Å²) in [5.41, 5.74) is -2.91. The molecule has 2 rings (SSSR count). The Kier molecular flexibility index (Phi) is 3.67. The number of alkyl halides is 3. The molecule has 1 N–H and O–H groups in total. The van der Waals surface area contributed by atoms with Crippen LogP contribution in [0.5, 0.6) is 0 Å². The van der Waals surface area contributed by atoms with Gasteiger partial charge < -0.3 is 9.52 Å². The molecular weight excluding hydrogens is 276 g/mol. The number of aliphatic hydroxyl groups is 1. The molecule has 0 saturated carbocycles. The van der Waals surface area contributed by atoms with Gasteiger partial charge >= 0.3 is 6.18 Å². The third-order valence-electron chi connectivity index (χ3n) is 2.72. The summed E-state index contributed by atoms with van der Waals surface area (Å²) in [6.45, 7) is 0. The van der Waals surface area contributed by atoms with Crippen molar-refractivity contribution in [3.8, 4) is 0 Å². The second kappa shape index (κ2) is 5.13. The van der Waals surface area contributed by atoms with E-state index in [1.165, 1.54) is 18.2 Å². The highest BCUT2D eigenvalue weighted by Crippen LogP contribution is 2.40. The fourth-order valence-electron chi connectivity index (χ4n) is 1.60. The number of halogens is 4. The summed E-state index contributed by atoms with van der Waals surface area (Å²) in [5, 5.41) is 9.84. The molecule has 1 atom stereocenters. The molecule has 1 heterocycles. The fraction of sp³-hybridized carbons (Fsp3) is 0.143. The van der Waals surface area contributed by atoms with Gasteiger partial charge in [0.15, 0.2) is 0 Å². The molecule has 106 valence electrons. The molecule has 0 aliphatic heterocycles. The lowest BCUT2D eigenvalue weighted by Gasteiger charge is -2.25. The van der Waals surface area contributed by atoms with E-state index in [9.17, 15) is 22.7 Å². The third kappa shape index (κ3) is 2.75. The number of rotatable bonds is 3. The van der Waals surface area contributed by atoms with E-state index >= 15 is 0 Å². The van der Waals surface area contributed by atoms with Crippen molar-refractivity contribution in [2.24, 2.45) is 0 Å². The average Bonchev–Trinajstić information content (AvgIpc) is 2.90. The van der Waals surface area contributed by atoms with Gasteiger partial charge in [0.25, 0.3) is 0 Å². The molecule has 0 aliphatic rings. The minimum atomic E-state index is -4.94. The molecule has 6 heteroatoms. The summed E-state index contributed by atoms with van der Waals surface area (Å²) in [6.07, 6.45) is -2.28. The first-order chi connectivity index (χ1) is 9.33. The van der Waals surface area contributed by atoms with E-state index in [0.29, 0.717) is 11.6 Å². The van der Waals surface area contributed by atoms with Crippen molar-refractivity contribution in [2.75, 3.05) is 0 Å². The van der Waals surface area contributed by atoms with Crippen molar-refractivity contribution >= 4 is 6.08 Å². The molecular formula is C14H10F4O2. The van der Waals surface area contributed by atoms with Gasteiger partial charge in [0, 0.05) is 0 Å². The van der Waals surface area contributed by atoms with E-state index in [1.807, 2.05) is 0 Å². The summed E-state index contributed by atoms with van der Waals surface area (Å²) in [5.74, 6) is -1.14. The Hall–Kier alpha value is -2.08. The standard InChI is InChI=1S/C14H10F4O2/c15-11-5-3-10(4-6-11)7-8-13(19,14(16,17)18)12-2-1-9-20-12/h1-9,19H. The van der Waals surface area contributed by atoms with Gasteiger partial charge in [0.05, 0.1) is 6.26 Å². The quantitative estimate of drug-likeness (QED) is 0.869. The maximum absolute atomic E-state index is 13.0. The first kappa shape index (κ1) is 14.3. The van der Waals surface area contributed by atoms with Gasteiger partial charge in [0.2, 0.25) is 5.60 Å². The zero-order valence-corrected chi connectivity index (χ0v) is 10.1. The normalized spacial score (nSPS) is 15.4. The highest BCUT2D eigenvalue weighted by Gasteiger charge is 2.55. The molecule has 0 amide bonds. The second-order valence-electron chi connectivity index (χ2n) is 4.13. The van der Waals surface area contributed by atoms with Gasteiger partial charge in [-0.15, -0.1) is 0 Å². The minimum absolute atomic E-state index is 0.320. The van der Waals surface area contributed by atoms with Crippen molar-refractivity contribution in [3.05, 3.63) is 65.9 Å². The van der Waals surface area contributed by atoms with E-state index in [1.54, 1.807) is 0 Å². The molecule has 2 aromatic rings. The van der Waals surface area contributed by atoms with E-state index in [-0.39, 0.29) is 0 Å². The van der Waals surface area contributed by atoms with Crippen LogP contribution in [0.2, 0.25) is 0 Å². The van der Waals surface area contributed by atoms with Gasteiger partial charge in [-0.2, -0.15) is 13.2 Å². The van der Waals surface area contributed by atoms with E-state index in [4.69, 9.17) is 0 Å². The maximum Gasteiger partial charge on any atom is 0.428 e.